The van der Waals surface area contributed by atoms with Gasteiger partial charge in [-0.2, -0.15) is 4.98 Å². The predicted molar refractivity (Wildman–Crippen MR) is 207 cm³/mol. The highest BCUT2D eigenvalue weighted by Gasteiger charge is 2.52. The predicted octanol–water partition coefficient (Wildman–Crippen LogP) is -0.857. The lowest BCUT2D eigenvalue weighted by Crippen LogP contribution is -2.49. The van der Waals surface area contributed by atoms with E-state index in [0.717, 1.165) is 22.0 Å². The number of esters is 1. The Hall–Kier alpha value is -4.27. The molecule has 0 saturated carbocycles. The zero-order valence-corrected chi connectivity index (χ0v) is 34.9. The Morgan fingerprint density at radius 2 is 1.67 bits per heavy atom. The minimum atomic E-state index is -5.41. The number of aromatic nitrogens is 6. The van der Waals surface area contributed by atoms with Crippen molar-refractivity contribution in [3.8, 4) is 0 Å². The van der Waals surface area contributed by atoms with E-state index in [1.807, 2.05) is 13.8 Å². The Morgan fingerprint density at radius 3 is 2.33 bits per heavy atom. The van der Waals surface area contributed by atoms with Gasteiger partial charge in [0.25, 0.3) is 0 Å². The molecular weight excluding hydrogens is 856 g/mol. The van der Waals surface area contributed by atoms with E-state index in [-0.39, 0.29) is 48.4 Å². The number of ether oxygens (including phenoxy) is 4. The number of aliphatic hydroxyl groups excluding tert-OH is 2. The molecule has 0 bridgehead atoms. The Morgan fingerprint density at radius 1 is 1.02 bits per heavy atom. The van der Waals surface area contributed by atoms with Crippen molar-refractivity contribution in [1.29, 1.82) is 0 Å². The van der Waals surface area contributed by atoms with Gasteiger partial charge >= 0.3 is 27.3 Å². The molecule has 0 aliphatic carbocycles. The summed E-state index contributed by atoms with van der Waals surface area (Å²) < 4.78 is 65.3. The van der Waals surface area contributed by atoms with Crippen LogP contribution in [0.25, 0.3) is 11.2 Å². The molecule has 5 rings (SSSR count). The Labute approximate surface area is 347 Å². The van der Waals surface area contributed by atoms with Gasteiger partial charge in [-0.15, -0.1) is 6.58 Å². The number of carbonyl (C=O) groups is 2. The summed E-state index contributed by atoms with van der Waals surface area (Å²) in [6.45, 7) is 5.53. The van der Waals surface area contributed by atoms with Gasteiger partial charge in [-0.05, 0) is 24.8 Å². The lowest BCUT2D eigenvalue weighted by atomic mass is 10.1. The van der Waals surface area contributed by atoms with Gasteiger partial charge in [0, 0.05) is 26.3 Å². The number of hydrogen-bond donors (Lipinski definition) is 7. The molecule has 61 heavy (non-hydrogen) atoms. The average molecular weight is 906 g/mol. The summed E-state index contributed by atoms with van der Waals surface area (Å²) in [5, 5.41) is 22.8. The SMILES string of the molecule is C=CCCC(=O)N(C)C(COCCC(C)C)C(=O)O[C@H]1[C@@H](O)[C@H](n2cnc3c(N)ncnc32)O[C@@H]1COP(=O)(O)O[C@H]1[C@@H](O)[C@H](n2ccc(N)nc2=O)O[C@@H]1COP(=O)(O)O. The van der Waals surface area contributed by atoms with Crippen molar-refractivity contribution >= 4 is 50.3 Å². The monoisotopic (exact) mass is 905 g/mol. The van der Waals surface area contributed by atoms with Crippen LogP contribution in [0.2, 0.25) is 0 Å². The lowest BCUT2D eigenvalue weighted by Gasteiger charge is -2.29. The number of phosphoric ester groups is 2. The number of hydrogen-bond acceptors (Lipinski definition) is 20. The molecule has 2 fully saturated rings. The number of amides is 1. The third-order valence-corrected chi connectivity index (χ3v) is 11.0. The number of fused-ring (bicyclic) bond motifs is 1. The first-order valence-corrected chi connectivity index (χ1v) is 21.7. The van der Waals surface area contributed by atoms with Gasteiger partial charge in [0.15, 0.2) is 36.1 Å². The summed E-state index contributed by atoms with van der Waals surface area (Å²) in [4.78, 5) is 86.0. The van der Waals surface area contributed by atoms with Crippen LogP contribution in [0.3, 0.4) is 0 Å². The molecule has 1 amide bonds. The van der Waals surface area contributed by atoms with E-state index in [4.69, 9.17) is 39.5 Å². The van der Waals surface area contributed by atoms with Gasteiger partial charge in [-0.1, -0.05) is 19.9 Å². The first-order chi connectivity index (χ1) is 28.7. The molecule has 0 radical (unpaired) electrons. The van der Waals surface area contributed by atoms with Gasteiger partial charge in [0.1, 0.15) is 48.2 Å². The fourth-order valence-electron chi connectivity index (χ4n) is 6.28. The molecule has 3 aromatic heterocycles. The number of nitrogen functional groups attached to an aromatic ring is 2. The van der Waals surface area contributed by atoms with Crippen LogP contribution in [-0.2, 0) is 51.2 Å². The van der Waals surface area contributed by atoms with E-state index in [0.29, 0.717) is 12.8 Å². The standard InChI is InChI=1S/C33H49N9O17P2/c1-5-6-7-22(43)40(4)18(12-53-11-9-17(2)3)32(46)58-26-19(56-31(24(26)44)42-16-38-23-28(35)36-15-37-29(23)42)14-55-61(51,52)59-27-20(13-54-60(48,49)50)57-30(25(27)45)41-10-8-21(34)39-33(41)47/h5,8,10,15-20,24-27,30-31,44-45H,1,6-7,9,11-14H2,2-4H3,(H,51,52)(H2,34,39,47)(H2,35,36,37)(H2,48,49,50)/t18?,19-,20-,24-,25-,26-,27-,30-,31-/m1/s1. The molecule has 28 heteroatoms. The van der Waals surface area contributed by atoms with Gasteiger partial charge in [0.05, 0.1) is 26.1 Å². The quantitative estimate of drug-likeness (QED) is 0.0296. The summed E-state index contributed by atoms with van der Waals surface area (Å²) in [5.74, 6) is -1.42. The number of allylic oxidation sites excluding steroid dienone is 1. The molecule has 2 aliphatic heterocycles. The summed E-state index contributed by atoms with van der Waals surface area (Å²) in [5.41, 5.74) is 10.7. The number of likely N-dealkylation sites (N-methyl/N-ethyl adjacent to an activating group) is 1. The van der Waals surface area contributed by atoms with Crippen molar-refractivity contribution in [3.05, 3.63) is 48.1 Å². The summed E-state index contributed by atoms with van der Waals surface area (Å²) in [6, 6.07) is -0.159. The molecule has 9 N–H and O–H groups in total. The Bertz CT molecular complexity index is 2170. The first-order valence-electron chi connectivity index (χ1n) is 18.7. The summed E-state index contributed by atoms with van der Waals surface area (Å²) >= 11 is 0. The molecule has 2 aliphatic rings. The number of rotatable bonds is 21. The lowest BCUT2D eigenvalue weighted by molar-refractivity contribution is -0.167. The van der Waals surface area contributed by atoms with Gasteiger partial charge in [0.2, 0.25) is 5.91 Å². The maximum Gasteiger partial charge on any atom is 0.472 e. The van der Waals surface area contributed by atoms with Gasteiger partial charge in [-0.3, -0.25) is 27.5 Å². The minimum Gasteiger partial charge on any atom is -0.455 e. The van der Waals surface area contributed by atoms with Crippen molar-refractivity contribution in [3.63, 3.8) is 0 Å². The van der Waals surface area contributed by atoms with Gasteiger partial charge in [-0.25, -0.2) is 33.7 Å². The van der Waals surface area contributed by atoms with E-state index in [2.05, 4.69) is 31.0 Å². The highest BCUT2D eigenvalue weighted by molar-refractivity contribution is 7.47. The topological polar surface area (TPSA) is 368 Å². The first kappa shape index (κ1) is 47.8. The van der Waals surface area contributed by atoms with Crippen LogP contribution < -0.4 is 17.2 Å². The largest absolute Gasteiger partial charge is 0.472 e. The third kappa shape index (κ3) is 12.0. The number of imidazole rings is 1. The maximum atomic E-state index is 14.0. The second kappa shape index (κ2) is 20.3. The van der Waals surface area contributed by atoms with Crippen LogP contribution in [0.4, 0.5) is 11.6 Å². The fraction of sp³-hybridized carbons (Fsp3) is 0.606. The third-order valence-electron chi connectivity index (χ3n) is 9.53. The van der Waals surface area contributed by atoms with Crippen LogP contribution >= 0.6 is 15.6 Å². The normalized spacial score (nSPS) is 25.7. The summed E-state index contributed by atoms with van der Waals surface area (Å²) in [6.07, 6.45) is -7.93. The number of nitrogens with zero attached hydrogens (tertiary/aromatic N) is 7. The van der Waals surface area contributed by atoms with Crippen molar-refractivity contribution in [1.82, 2.24) is 34.0 Å². The Kier molecular flexibility index (Phi) is 15.9. The van der Waals surface area contributed by atoms with Crippen molar-refractivity contribution in [2.24, 2.45) is 5.92 Å². The van der Waals surface area contributed by atoms with Crippen molar-refractivity contribution < 1.29 is 76.1 Å². The van der Waals surface area contributed by atoms with Crippen LogP contribution in [0.5, 0.6) is 0 Å². The van der Waals surface area contributed by atoms with Crippen LogP contribution in [0, 0.1) is 5.92 Å². The number of nitrogens with two attached hydrogens (primary N) is 2. The second-order valence-electron chi connectivity index (χ2n) is 14.4. The highest BCUT2D eigenvalue weighted by atomic mass is 31.2. The highest BCUT2D eigenvalue weighted by Crippen LogP contribution is 2.50. The average Bonchev–Trinajstić information content (AvgIpc) is 3.84. The number of carbonyl (C=O) groups excluding carboxylic acids is 2. The molecule has 0 spiro atoms. The van der Waals surface area contributed by atoms with Crippen LogP contribution in [-0.4, -0.2) is 147 Å². The maximum absolute atomic E-state index is 14.0. The summed E-state index contributed by atoms with van der Waals surface area (Å²) in [7, 11) is -9.21. The molecular formula is C33H49N9O17P2. The zero-order chi connectivity index (χ0) is 44.8. The van der Waals surface area contributed by atoms with E-state index in [1.165, 1.54) is 30.1 Å². The fourth-order valence-corrected chi connectivity index (χ4v) is 7.59. The van der Waals surface area contributed by atoms with Gasteiger partial charge < -0.3 is 60.2 Å². The van der Waals surface area contributed by atoms with Crippen LogP contribution in [0.15, 0.2) is 42.4 Å². The smallest absolute Gasteiger partial charge is 0.455 e. The molecule has 3 aromatic rings. The number of phosphoric acid groups is 2. The van der Waals surface area contributed by atoms with Crippen LogP contribution in [0.1, 0.15) is 45.6 Å². The van der Waals surface area contributed by atoms with E-state index < -0.39 is 102 Å². The van der Waals surface area contributed by atoms with Crippen molar-refractivity contribution in [2.45, 2.75) is 88.2 Å². The number of anilines is 2. The molecule has 5 heterocycles. The van der Waals surface area contributed by atoms with Crippen molar-refractivity contribution in [2.75, 3.05) is 44.9 Å². The molecule has 26 nitrogen and oxygen atoms in total. The molecule has 2 unspecified atom stereocenters. The molecule has 0 aromatic carbocycles. The minimum absolute atomic E-state index is 0.00926. The zero-order valence-electron chi connectivity index (χ0n) is 33.1. The second-order valence-corrected chi connectivity index (χ2v) is 17.0. The molecule has 10 atom stereocenters. The molecule has 2 saturated heterocycles. The Balaban J connectivity index is 1.40. The van der Waals surface area contributed by atoms with E-state index >= 15 is 0 Å². The van der Waals surface area contributed by atoms with E-state index in [9.17, 15) is 48.4 Å². The number of aliphatic hydroxyl groups is 2. The molecule has 338 valence electrons. The van der Waals surface area contributed by atoms with E-state index in [1.54, 1.807) is 0 Å².